The van der Waals surface area contributed by atoms with Crippen LogP contribution in [0, 0.1) is 17.7 Å². The van der Waals surface area contributed by atoms with Crippen molar-refractivity contribution < 1.29 is 4.39 Å². The maximum absolute atomic E-state index is 13.6. The van der Waals surface area contributed by atoms with Crippen LogP contribution in [0.5, 0.6) is 0 Å². The van der Waals surface area contributed by atoms with Crippen LogP contribution >= 0.6 is 11.6 Å². The molecule has 0 spiro atoms. The molecule has 0 aromatic heterocycles. The molecule has 1 aromatic carbocycles. The van der Waals surface area contributed by atoms with Crippen LogP contribution in [0.4, 0.5) is 4.39 Å². The minimum absolute atomic E-state index is 0.214. The summed E-state index contributed by atoms with van der Waals surface area (Å²) in [4.78, 5) is 0. The van der Waals surface area contributed by atoms with Gasteiger partial charge >= 0.3 is 0 Å². The second kappa shape index (κ2) is 7.42. The van der Waals surface area contributed by atoms with Crippen molar-refractivity contribution in [2.24, 2.45) is 11.8 Å². The van der Waals surface area contributed by atoms with E-state index in [0.717, 1.165) is 30.9 Å². The molecule has 3 atom stereocenters. The smallest absolute Gasteiger partial charge is 0.142 e. The summed E-state index contributed by atoms with van der Waals surface area (Å²) in [7, 11) is 0. The maximum atomic E-state index is 13.6. The highest BCUT2D eigenvalue weighted by molar-refractivity contribution is 6.30. The summed E-state index contributed by atoms with van der Waals surface area (Å²) in [5.41, 5.74) is 1.06. The van der Waals surface area contributed by atoms with Crippen molar-refractivity contribution in [2.75, 3.05) is 6.54 Å². The third-order valence-corrected chi connectivity index (χ3v) is 4.69. The predicted octanol–water partition coefficient (Wildman–Crippen LogP) is 4.83. The summed E-state index contributed by atoms with van der Waals surface area (Å²) in [6, 6.07) is 5.80. The van der Waals surface area contributed by atoms with Gasteiger partial charge in [-0.05, 0) is 68.2 Å². The lowest BCUT2D eigenvalue weighted by atomic mass is 9.76. The molecule has 112 valence electrons. The number of nitrogens with one attached hydrogen (secondary N) is 1. The van der Waals surface area contributed by atoms with E-state index in [4.69, 9.17) is 11.6 Å². The zero-order valence-corrected chi connectivity index (χ0v) is 13.2. The van der Waals surface area contributed by atoms with E-state index in [-0.39, 0.29) is 10.8 Å². The third-order valence-electron chi connectivity index (χ3n) is 4.38. The molecule has 3 heteroatoms. The number of halogens is 2. The molecule has 1 fully saturated rings. The second-order valence-corrected chi connectivity index (χ2v) is 6.60. The fourth-order valence-corrected chi connectivity index (χ4v) is 3.41. The van der Waals surface area contributed by atoms with Crippen molar-refractivity contribution in [2.45, 2.75) is 52.0 Å². The number of hydrogen-bond acceptors (Lipinski definition) is 1. The lowest BCUT2D eigenvalue weighted by Crippen LogP contribution is -2.41. The van der Waals surface area contributed by atoms with E-state index in [0.29, 0.717) is 12.0 Å². The zero-order valence-electron chi connectivity index (χ0n) is 12.5. The molecule has 0 heterocycles. The van der Waals surface area contributed by atoms with Gasteiger partial charge in [-0.25, -0.2) is 4.39 Å². The molecular formula is C17H25ClFN. The van der Waals surface area contributed by atoms with Crippen molar-refractivity contribution in [3.8, 4) is 0 Å². The van der Waals surface area contributed by atoms with Crippen LogP contribution in [0.25, 0.3) is 0 Å². The van der Waals surface area contributed by atoms with E-state index in [1.807, 2.05) is 6.07 Å². The molecule has 1 aromatic rings. The van der Waals surface area contributed by atoms with E-state index in [9.17, 15) is 4.39 Å². The minimum atomic E-state index is -0.300. The van der Waals surface area contributed by atoms with Gasteiger partial charge < -0.3 is 5.32 Å². The lowest BCUT2D eigenvalue weighted by Gasteiger charge is -2.36. The number of hydrogen-bond donors (Lipinski definition) is 1. The van der Waals surface area contributed by atoms with Gasteiger partial charge in [0.15, 0.2) is 0 Å². The third kappa shape index (κ3) is 4.20. The van der Waals surface area contributed by atoms with E-state index >= 15 is 0 Å². The Bertz CT molecular complexity index is 433. The molecule has 1 N–H and O–H groups in total. The normalized spacial score (nSPS) is 26.7. The van der Waals surface area contributed by atoms with Gasteiger partial charge in [0.1, 0.15) is 5.82 Å². The van der Waals surface area contributed by atoms with E-state index < -0.39 is 0 Å². The van der Waals surface area contributed by atoms with Gasteiger partial charge in [0.05, 0.1) is 5.02 Å². The fraction of sp³-hybridized carbons (Fsp3) is 0.647. The van der Waals surface area contributed by atoms with Crippen molar-refractivity contribution in [3.05, 3.63) is 34.6 Å². The Morgan fingerprint density at radius 3 is 2.85 bits per heavy atom. The van der Waals surface area contributed by atoms with Crippen LogP contribution in [0.15, 0.2) is 18.2 Å². The number of benzene rings is 1. The molecule has 1 aliphatic rings. The summed E-state index contributed by atoms with van der Waals surface area (Å²) < 4.78 is 13.6. The first-order chi connectivity index (χ1) is 9.60. The van der Waals surface area contributed by atoms with E-state index in [1.165, 1.54) is 19.3 Å². The Hall–Kier alpha value is -0.600. The summed E-state index contributed by atoms with van der Waals surface area (Å²) >= 11 is 5.76. The van der Waals surface area contributed by atoms with Gasteiger partial charge in [0.2, 0.25) is 0 Å². The van der Waals surface area contributed by atoms with Crippen molar-refractivity contribution >= 4 is 11.6 Å². The molecule has 2 rings (SSSR count). The quantitative estimate of drug-likeness (QED) is 0.821. The first-order valence-electron chi connectivity index (χ1n) is 7.77. The highest BCUT2D eigenvalue weighted by Crippen LogP contribution is 2.32. The lowest BCUT2D eigenvalue weighted by molar-refractivity contribution is 0.212. The Labute approximate surface area is 126 Å². The Kier molecular flexibility index (Phi) is 5.86. The van der Waals surface area contributed by atoms with Crippen LogP contribution in [-0.4, -0.2) is 12.6 Å². The average Bonchev–Trinajstić information content (AvgIpc) is 2.42. The molecule has 0 radical (unpaired) electrons. The Morgan fingerprint density at radius 2 is 2.15 bits per heavy atom. The molecular weight excluding hydrogens is 273 g/mol. The monoisotopic (exact) mass is 297 g/mol. The van der Waals surface area contributed by atoms with E-state index in [2.05, 4.69) is 19.2 Å². The van der Waals surface area contributed by atoms with Gasteiger partial charge in [-0.15, -0.1) is 0 Å². The fourth-order valence-electron chi connectivity index (χ4n) is 3.29. The van der Waals surface area contributed by atoms with Crippen LogP contribution in [-0.2, 0) is 6.42 Å². The molecule has 0 saturated heterocycles. The summed E-state index contributed by atoms with van der Waals surface area (Å²) in [6.45, 7) is 5.60. The van der Waals surface area contributed by atoms with Crippen LogP contribution in [0.2, 0.25) is 5.02 Å². The molecule has 0 aliphatic heterocycles. The molecule has 1 nitrogen and oxygen atoms in total. The minimum Gasteiger partial charge on any atom is -0.314 e. The van der Waals surface area contributed by atoms with Crippen molar-refractivity contribution in [1.29, 1.82) is 0 Å². The Balaban J connectivity index is 2.04. The average molecular weight is 298 g/mol. The van der Waals surface area contributed by atoms with Crippen molar-refractivity contribution in [1.82, 2.24) is 5.32 Å². The summed E-state index contributed by atoms with van der Waals surface area (Å²) in [5, 5.41) is 3.88. The van der Waals surface area contributed by atoms with Crippen LogP contribution in [0.3, 0.4) is 0 Å². The van der Waals surface area contributed by atoms with Crippen LogP contribution < -0.4 is 5.32 Å². The van der Waals surface area contributed by atoms with Gasteiger partial charge in [0, 0.05) is 6.04 Å². The first kappa shape index (κ1) is 15.8. The molecule has 1 aliphatic carbocycles. The maximum Gasteiger partial charge on any atom is 0.142 e. The zero-order chi connectivity index (χ0) is 14.5. The second-order valence-electron chi connectivity index (χ2n) is 6.19. The molecule has 0 amide bonds. The van der Waals surface area contributed by atoms with Crippen LogP contribution in [0.1, 0.15) is 45.1 Å². The topological polar surface area (TPSA) is 12.0 Å². The van der Waals surface area contributed by atoms with Gasteiger partial charge in [-0.2, -0.15) is 0 Å². The molecule has 1 saturated carbocycles. The molecule has 20 heavy (non-hydrogen) atoms. The van der Waals surface area contributed by atoms with E-state index in [1.54, 1.807) is 12.1 Å². The van der Waals surface area contributed by atoms with Crippen molar-refractivity contribution in [3.63, 3.8) is 0 Å². The standard InChI is InChI=1S/C17H25ClFN/c1-3-8-20-17-7-4-12(2)9-14(17)10-13-5-6-15(18)16(19)11-13/h5-6,11-12,14,17,20H,3-4,7-10H2,1-2H3. The first-order valence-corrected chi connectivity index (χ1v) is 8.15. The number of rotatable bonds is 5. The Morgan fingerprint density at radius 1 is 1.35 bits per heavy atom. The molecule has 0 bridgehead atoms. The highest BCUT2D eigenvalue weighted by Gasteiger charge is 2.28. The van der Waals surface area contributed by atoms with Gasteiger partial charge in [-0.3, -0.25) is 0 Å². The van der Waals surface area contributed by atoms with Gasteiger partial charge in [-0.1, -0.05) is 31.5 Å². The SMILES string of the molecule is CCCNC1CCC(C)CC1Cc1ccc(Cl)c(F)c1. The molecule has 3 unspecified atom stereocenters. The summed E-state index contributed by atoms with van der Waals surface area (Å²) in [6.07, 6.45) is 5.87. The highest BCUT2D eigenvalue weighted by atomic mass is 35.5. The largest absolute Gasteiger partial charge is 0.314 e. The summed E-state index contributed by atoms with van der Waals surface area (Å²) in [5.74, 6) is 1.08. The van der Waals surface area contributed by atoms with Gasteiger partial charge in [0.25, 0.3) is 0 Å². The predicted molar refractivity (Wildman–Crippen MR) is 83.7 cm³/mol.